The van der Waals surface area contributed by atoms with Crippen LogP contribution in [0.3, 0.4) is 0 Å². The summed E-state index contributed by atoms with van der Waals surface area (Å²) in [6, 6.07) is 0. The van der Waals surface area contributed by atoms with E-state index in [4.69, 9.17) is 0 Å². The first-order valence-corrected chi connectivity index (χ1v) is 4.33. The van der Waals surface area contributed by atoms with Gasteiger partial charge in [0, 0.05) is 12.1 Å². The third-order valence-corrected chi connectivity index (χ3v) is 2.12. The Bertz CT molecular complexity index is 346. The molecule has 1 heterocycles. The van der Waals surface area contributed by atoms with Gasteiger partial charge in [-0.3, -0.25) is 9.78 Å². The summed E-state index contributed by atoms with van der Waals surface area (Å²) in [7, 11) is 0. The summed E-state index contributed by atoms with van der Waals surface area (Å²) in [6.07, 6.45) is 1.67. The molecule has 0 aromatic carbocycles. The molecule has 1 aromatic heterocycles. The summed E-state index contributed by atoms with van der Waals surface area (Å²) < 4.78 is 23.9. The highest BCUT2D eigenvalue weighted by molar-refractivity contribution is 5.96. The van der Waals surface area contributed by atoms with Crippen molar-refractivity contribution in [2.24, 2.45) is 0 Å². The molecule has 0 saturated heterocycles. The molecule has 3 nitrogen and oxygen atoms in total. The zero-order chi connectivity index (χ0) is 10.1. The minimum absolute atomic E-state index is 0.260. The maximum Gasteiger partial charge on any atom is 0.302 e. The van der Waals surface area contributed by atoms with E-state index in [-0.39, 0.29) is 5.69 Å². The molecule has 1 aromatic rings. The zero-order valence-electron chi connectivity index (χ0n) is 7.28. The van der Waals surface area contributed by atoms with E-state index >= 15 is 0 Å². The van der Waals surface area contributed by atoms with Crippen LogP contribution in [-0.2, 0) is 0 Å². The van der Waals surface area contributed by atoms with Crippen LogP contribution in [0, 0.1) is 0 Å². The van der Waals surface area contributed by atoms with Gasteiger partial charge in [0.25, 0.3) is 0 Å². The van der Waals surface area contributed by atoms with Gasteiger partial charge < -0.3 is 0 Å². The fourth-order valence-corrected chi connectivity index (χ4v) is 1.17. The normalized spacial score (nSPS) is 15.9. The maximum absolute atomic E-state index is 12.0. The molecule has 1 aliphatic rings. The van der Waals surface area contributed by atoms with E-state index in [2.05, 4.69) is 9.97 Å². The topological polar surface area (TPSA) is 42.9 Å². The lowest BCUT2D eigenvalue weighted by Crippen LogP contribution is -2.12. The summed E-state index contributed by atoms with van der Waals surface area (Å²) in [5.74, 6) is -0.849. The van der Waals surface area contributed by atoms with Crippen molar-refractivity contribution in [3.63, 3.8) is 0 Å². The number of carbonyl (C=O) groups is 1. The highest BCUT2D eigenvalue weighted by atomic mass is 19.3. The van der Waals surface area contributed by atoms with Crippen molar-refractivity contribution in [1.29, 1.82) is 0 Å². The number of nitrogens with zero attached hydrogens (tertiary/aromatic N) is 2. The Morgan fingerprint density at radius 3 is 2.50 bits per heavy atom. The van der Waals surface area contributed by atoms with E-state index in [1.165, 1.54) is 6.20 Å². The van der Waals surface area contributed by atoms with Crippen molar-refractivity contribution in [2.75, 3.05) is 0 Å². The molecule has 0 radical (unpaired) electrons. The Kier molecular flexibility index (Phi) is 2.23. The molecule has 0 atom stereocenters. The molecular formula is C9H8F2N2O. The fourth-order valence-electron chi connectivity index (χ4n) is 1.17. The van der Waals surface area contributed by atoms with Crippen LogP contribution < -0.4 is 0 Å². The van der Waals surface area contributed by atoms with Crippen molar-refractivity contribution >= 4 is 5.78 Å². The first-order valence-electron chi connectivity index (χ1n) is 4.33. The summed E-state index contributed by atoms with van der Waals surface area (Å²) in [4.78, 5) is 18.4. The van der Waals surface area contributed by atoms with Crippen LogP contribution in [0.25, 0.3) is 0 Å². The quantitative estimate of drug-likeness (QED) is 0.695. The van der Waals surface area contributed by atoms with Gasteiger partial charge in [0.05, 0.1) is 11.9 Å². The zero-order valence-corrected chi connectivity index (χ0v) is 7.28. The highest BCUT2D eigenvalue weighted by Crippen LogP contribution is 2.38. The number of rotatable bonds is 3. The molecule has 0 bridgehead atoms. The van der Waals surface area contributed by atoms with E-state index in [1.807, 2.05) is 0 Å². The average Bonchev–Trinajstić information content (AvgIpc) is 3.00. The van der Waals surface area contributed by atoms with Crippen molar-refractivity contribution in [1.82, 2.24) is 9.97 Å². The molecular weight excluding hydrogens is 190 g/mol. The second-order valence-electron chi connectivity index (χ2n) is 3.27. The predicted molar refractivity (Wildman–Crippen MR) is 44.3 cm³/mol. The van der Waals surface area contributed by atoms with Gasteiger partial charge in [0.1, 0.15) is 5.69 Å². The highest BCUT2D eigenvalue weighted by Gasteiger charge is 2.26. The van der Waals surface area contributed by atoms with Crippen molar-refractivity contribution in [3.05, 3.63) is 23.8 Å². The van der Waals surface area contributed by atoms with Gasteiger partial charge in [0.15, 0.2) is 0 Å². The van der Waals surface area contributed by atoms with E-state index in [0.29, 0.717) is 5.92 Å². The van der Waals surface area contributed by atoms with Crippen LogP contribution in [-0.4, -0.2) is 22.2 Å². The Morgan fingerprint density at radius 1 is 1.36 bits per heavy atom. The van der Waals surface area contributed by atoms with Crippen LogP contribution in [0.5, 0.6) is 0 Å². The van der Waals surface area contributed by atoms with E-state index in [1.54, 1.807) is 0 Å². The first kappa shape index (κ1) is 9.18. The Morgan fingerprint density at radius 2 is 2.07 bits per heavy atom. The number of hydrogen-bond acceptors (Lipinski definition) is 3. The van der Waals surface area contributed by atoms with Gasteiger partial charge >= 0.3 is 6.43 Å². The molecule has 1 aliphatic carbocycles. The number of halogens is 2. The SMILES string of the molecule is O=C(c1cnc(C2CC2)cn1)C(F)F. The lowest BCUT2D eigenvalue weighted by molar-refractivity contribution is 0.0672. The van der Waals surface area contributed by atoms with E-state index in [0.717, 1.165) is 24.7 Å². The predicted octanol–water partition coefficient (Wildman–Crippen LogP) is 1.80. The molecule has 14 heavy (non-hydrogen) atoms. The molecule has 74 valence electrons. The molecule has 1 saturated carbocycles. The second kappa shape index (κ2) is 3.40. The number of hydrogen-bond donors (Lipinski definition) is 0. The summed E-state index contributed by atoms with van der Waals surface area (Å²) in [5.41, 5.74) is 0.528. The minimum Gasteiger partial charge on any atom is -0.286 e. The van der Waals surface area contributed by atoms with Gasteiger partial charge in [-0.25, -0.2) is 13.8 Å². The number of ketones is 1. The molecule has 0 spiro atoms. The Balaban J connectivity index is 2.16. The number of alkyl halides is 2. The van der Waals surface area contributed by atoms with E-state index in [9.17, 15) is 13.6 Å². The van der Waals surface area contributed by atoms with Crippen LogP contribution >= 0.6 is 0 Å². The van der Waals surface area contributed by atoms with Crippen LogP contribution in [0.15, 0.2) is 12.4 Å². The molecule has 2 rings (SSSR count). The number of Topliss-reactive ketones (excluding diaryl/α,β-unsaturated/α-hetero) is 1. The largest absolute Gasteiger partial charge is 0.302 e. The number of carbonyl (C=O) groups excluding carboxylic acids is 1. The molecule has 5 heteroatoms. The van der Waals surface area contributed by atoms with Gasteiger partial charge in [-0.05, 0) is 12.8 Å². The standard InChI is InChI=1S/C9H8F2N2O/c10-9(11)8(14)7-4-12-6(3-13-7)5-1-2-5/h3-5,9H,1-2H2. The molecule has 0 aliphatic heterocycles. The van der Waals surface area contributed by atoms with Crippen molar-refractivity contribution in [2.45, 2.75) is 25.2 Å². The number of aromatic nitrogens is 2. The maximum atomic E-state index is 12.0. The summed E-state index contributed by atoms with van der Waals surface area (Å²) in [5, 5.41) is 0. The van der Waals surface area contributed by atoms with Crippen LogP contribution in [0.1, 0.15) is 34.9 Å². The van der Waals surface area contributed by atoms with Crippen molar-refractivity contribution in [3.8, 4) is 0 Å². The monoisotopic (exact) mass is 198 g/mol. The van der Waals surface area contributed by atoms with Gasteiger partial charge in [-0.1, -0.05) is 0 Å². The Labute approximate surface area is 79.2 Å². The lowest BCUT2D eigenvalue weighted by atomic mass is 10.2. The van der Waals surface area contributed by atoms with Gasteiger partial charge in [0.2, 0.25) is 5.78 Å². The van der Waals surface area contributed by atoms with Crippen molar-refractivity contribution < 1.29 is 13.6 Å². The molecule has 1 fully saturated rings. The second-order valence-corrected chi connectivity index (χ2v) is 3.27. The third-order valence-electron chi connectivity index (χ3n) is 2.12. The molecule has 0 N–H and O–H groups in total. The Hall–Kier alpha value is -1.39. The summed E-state index contributed by atoms with van der Waals surface area (Å²) >= 11 is 0. The fraction of sp³-hybridized carbons (Fsp3) is 0.444. The van der Waals surface area contributed by atoms with Gasteiger partial charge in [-0.15, -0.1) is 0 Å². The smallest absolute Gasteiger partial charge is 0.286 e. The van der Waals surface area contributed by atoms with Crippen LogP contribution in [0.2, 0.25) is 0 Å². The average molecular weight is 198 g/mol. The summed E-state index contributed by atoms with van der Waals surface area (Å²) in [6.45, 7) is 0. The van der Waals surface area contributed by atoms with Gasteiger partial charge in [-0.2, -0.15) is 0 Å². The third kappa shape index (κ3) is 1.76. The first-order chi connectivity index (χ1) is 6.68. The lowest BCUT2D eigenvalue weighted by Gasteiger charge is -1.99. The molecule has 0 unspecified atom stereocenters. The minimum atomic E-state index is -3.00. The molecule has 0 amide bonds. The van der Waals surface area contributed by atoms with E-state index < -0.39 is 12.2 Å². The van der Waals surface area contributed by atoms with Crippen LogP contribution in [0.4, 0.5) is 8.78 Å².